The van der Waals surface area contributed by atoms with Crippen LogP contribution in [0.5, 0.6) is 11.5 Å². The summed E-state index contributed by atoms with van der Waals surface area (Å²) in [5, 5.41) is 2.22. The predicted molar refractivity (Wildman–Crippen MR) is 106 cm³/mol. The number of halogens is 1. The zero-order valence-corrected chi connectivity index (χ0v) is 16.5. The van der Waals surface area contributed by atoms with Gasteiger partial charge in [0.1, 0.15) is 0 Å². The van der Waals surface area contributed by atoms with Gasteiger partial charge in [0.05, 0.1) is 20.3 Å². The first kappa shape index (κ1) is 18.6. The van der Waals surface area contributed by atoms with Crippen LogP contribution in [0.25, 0.3) is 0 Å². The molecule has 1 aromatic carbocycles. The van der Waals surface area contributed by atoms with Gasteiger partial charge in [-0.1, -0.05) is 12.5 Å². The Morgan fingerprint density at radius 1 is 1.12 bits per heavy atom. The first-order valence-corrected chi connectivity index (χ1v) is 10.3. The number of ether oxygens (including phenoxy) is 2. The smallest absolute Gasteiger partial charge is 0.161 e. The molecule has 1 unspecified atom stereocenters. The molecule has 0 aliphatic carbocycles. The van der Waals surface area contributed by atoms with Crippen molar-refractivity contribution in [2.24, 2.45) is 0 Å². The van der Waals surface area contributed by atoms with Gasteiger partial charge in [-0.25, -0.2) is 0 Å². The van der Waals surface area contributed by atoms with Crippen molar-refractivity contribution in [3.8, 4) is 11.5 Å². The van der Waals surface area contributed by atoms with E-state index in [1.807, 2.05) is 17.4 Å². The van der Waals surface area contributed by atoms with Crippen LogP contribution in [0.15, 0.2) is 29.6 Å². The molecule has 3 rings (SSSR count). The Kier molecular flexibility index (Phi) is 6.63. The highest BCUT2D eigenvalue weighted by Gasteiger charge is 2.29. The standard InChI is InChI=1S/C20H26ClNO2S/c1-23-17-7-6-15(14-18(17)24-2)20-16-9-13-25-19(16)8-12-22(20)11-5-3-4-10-21/h6-7,9,13-14,20H,3-5,8,10-12H2,1-2H3. The fourth-order valence-electron chi connectivity index (χ4n) is 3.61. The molecule has 2 aromatic rings. The highest BCUT2D eigenvalue weighted by molar-refractivity contribution is 7.10. The average molecular weight is 380 g/mol. The molecule has 1 aliphatic heterocycles. The first-order chi connectivity index (χ1) is 12.3. The quantitative estimate of drug-likeness (QED) is 0.469. The molecule has 0 bridgehead atoms. The number of thiophene rings is 1. The van der Waals surface area contributed by atoms with E-state index < -0.39 is 0 Å². The minimum atomic E-state index is 0.297. The Morgan fingerprint density at radius 3 is 2.72 bits per heavy atom. The Balaban J connectivity index is 1.88. The Bertz CT molecular complexity index is 688. The van der Waals surface area contributed by atoms with E-state index in [1.54, 1.807) is 14.2 Å². The van der Waals surface area contributed by atoms with Crippen LogP contribution in [-0.2, 0) is 6.42 Å². The zero-order chi connectivity index (χ0) is 17.6. The topological polar surface area (TPSA) is 21.7 Å². The summed E-state index contributed by atoms with van der Waals surface area (Å²) in [5.74, 6) is 2.33. The molecule has 0 saturated carbocycles. The van der Waals surface area contributed by atoms with Crippen LogP contribution in [0.1, 0.15) is 41.3 Å². The molecule has 3 nitrogen and oxygen atoms in total. The summed E-state index contributed by atoms with van der Waals surface area (Å²) in [6.07, 6.45) is 4.62. The van der Waals surface area contributed by atoms with E-state index in [4.69, 9.17) is 21.1 Å². The monoisotopic (exact) mass is 379 g/mol. The number of alkyl halides is 1. The molecule has 0 amide bonds. The van der Waals surface area contributed by atoms with Crippen LogP contribution in [-0.4, -0.2) is 38.1 Å². The van der Waals surface area contributed by atoms with Gasteiger partial charge in [0.15, 0.2) is 11.5 Å². The van der Waals surface area contributed by atoms with Crippen LogP contribution < -0.4 is 9.47 Å². The Hall–Kier alpha value is -1.23. The van der Waals surface area contributed by atoms with Crippen molar-refractivity contribution >= 4 is 22.9 Å². The van der Waals surface area contributed by atoms with E-state index >= 15 is 0 Å². The average Bonchev–Trinajstić information content (AvgIpc) is 3.13. The molecule has 25 heavy (non-hydrogen) atoms. The predicted octanol–water partition coefficient (Wildman–Crippen LogP) is 5.12. The van der Waals surface area contributed by atoms with Gasteiger partial charge in [-0.05, 0) is 60.5 Å². The molecule has 5 heteroatoms. The van der Waals surface area contributed by atoms with E-state index in [2.05, 4.69) is 28.5 Å². The maximum atomic E-state index is 5.82. The van der Waals surface area contributed by atoms with Crippen LogP contribution in [0.2, 0.25) is 0 Å². The SMILES string of the molecule is COc1ccc(C2c3ccsc3CCN2CCCCCCl)cc1OC. The van der Waals surface area contributed by atoms with E-state index in [0.717, 1.165) is 43.3 Å². The minimum Gasteiger partial charge on any atom is -0.493 e. The lowest BCUT2D eigenvalue weighted by Crippen LogP contribution is -2.36. The third-order valence-corrected chi connectivity index (χ3v) is 6.13. The molecule has 1 atom stereocenters. The molecule has 1 aliphatic rings. The van der Waals surface area contributed by atoms with Gasteiger partial charge in [0, 0.05) is 17.3 Å². The van der Waals surface area contributed by atoms with Crippen molar-refractivity contribution in [1.29, 1.82) is 0 Å². The van der Waals surface area contributed by atoms with Crippen LogP contribution in [0.4, 0.5) is 0 Å². The van der Waals surface area contributed by atoms with Crippen LogP contribution in [0, 0.1) is 0 Å². The van der Waals surface area contributed by atoms with E-state index in [0.29, 0.717) is 6.04 Å². The number of nitrogens with zero attached hydrogens (tertiary/aromatic N) is 1. The normalized spacial score (nSPS) is 17.3. The fraction of sp³-hybridized carbons (Fsp3) is 0.500. The lowest BCUT2D eigenvalue weighted by atomic mass is 9.92. The van der Waals surface area contributed by atoms with Gasteiger partial charge < -0.3 is 9.47 Å². The fourth-order valence-corrected chi connectivity index (χ4v) is 4.70. The zero-order valence-electron chi connectivity index (χ0n) is 15.0. The highest BCUT2D eigenvalue weighted by Crippen LogP contribution is 2.40. The lowest BCUT2D eigenvalue weighted by Gasteiger charge is -2.36. The lowest BCUT2D eigenvalue weighted by molar-refractivity contribution is 0.210. The number of rotatable bonds is 8. The van der Waals surface area contributed by atoms with Crippen molar-refractivity contribution in [3.63, 3.8) is 0 Å². The summed E-state index contributed by atoms with van der Waals surface area (Å²) in [4.78, 5) is 4.11. The summed E-state index contributed by atoms with van der Waals surface area (Å²) in [5.41, 5.74) is 2.72. The second kappa shape index (κ2) is 8.93. The van der Waals surface area contributed by atoms with E-state index in [1.165, 1.54) is 28.8 Å². The van der Waals surface area contributed by atoms with Gasteiger partial charge in [-0.15, -0.1) is 22.9 Å². The molecule has 1 aromatic heterocycles. The third kappa shape index (κ3) is 4.13. The van der Waals surface area contributed by atoms with Gasteiger partial charge in [-0.2, -0.15) is 0 Å². The maximum Gasteiger partial charge on any atom is 0.161 e. The molecule has 2 heterocycles. The van der Waals surface area contributed by atoms with Crippen LogP contribution >= 0.6 is 22.9 Å². The molecule has 0 radical (unpaired) electrons. The van der Waals surface area contributed by atoms with E-state index in [-0.39, 0.29) is 0 Å². The van der Waals surface area contributed by atoms with Gasteiger partial charge >= 0.3 is 0 Å². The molecule has 136 valence electrons. The number of unbranched alkanes of at least 4 members (excludes halogenated alkanes) is 2. The summed E-state index contributed by atoms with van der Waals surface area (Å²) in [6.45, 7) is 2.21. The Morgan fingerprint density at radius 2 is 1.96 bits per heavy atom. The van der Waals surface area contributed by atoms with Gasteiger partial charge in [0.25, 0.3) is 0 Å². The number of hydrogen-bond acceptors (Lipinski definition) is 4. The number of hydrogen-bond donors (Lipinski definition) is 0. The molecular weight excluding hydrogens is 354 g/mol. The second-order valence-corrected chi connectivity index (χ2v) is 7.73. The molecular formula is C20H26ClNO2S. The summed E-state index contributed by atoms with van der Waals surface area (Å²) >= 11 is 7.70. The number of benzene rings is 1. The summed E-state index contributed by atoms with van der Waals surface area (Å²) in [6, 6.07) is 8.89. The second-order valence-electron chi connectivity index (χ2n) is 6.35. The molecule has 0 spiro atoms. The third-order valence-electron chi connectivity index (χ3n) is 4.87. The maximum absolute atomic E-state index is 5.82. The van der Waals surface area contributed by atoms with Gasteiger partial charge in [0.2, 0.25) is 0 Å². The van der Waals surface area contributed by atoms with Gasteiger partial charge in [-0.3, -0.25) is 4.90 Å². The number of methoxy groups -OCH3 is 2. The van der Waals surface area contributed by atoms with Crippen LogP contribution in [0.3, 0.4) is 0 Å². The molecule has 0 fully saturated rings. The van der Waals surface area contributed by atoms with Crippen molar-refractivity contribution < 1.29 is 9.47 Å². The van der Waals surface area contributed by atoms with Crippen molar-refractivity contribution in [2.75, 3.05) is 33.2 Å². The Labute approximate surface area is 159 Å². The minimum absolute atomic E-state index is 0.297. The van der Waals surface area contributed by atoms with Crippen molar-refractivity contribution in [3.05, 3.63) is 45.6 Å². The first-order valence-electron chi connectivity index (χ1n) is 8.86. The van der Waals surface area contributed by atoms with Crippen molar-refractivity contribution in [1.82, 2.24) is 4.90 Å². The largest absolute Gasteiger partial charge is 0.493 e. The number of fused-ring (bicyclic) bond motifs is 1. The highest BCUT2D eigenvalue weighted by atomic mass is 35.5. The summed E-state index contributed by atoms with van der Waals surface area (Å²) < 4.78 is 10.9. The molecule has 0 N–H and O–H groups in total. The summed E-state index contributed by atoms with van der Waals surface area (Å²) in [7, 11) is 3.38. The van der Waals surface area contributed by atoms with E-state index in [9.17, 15) is 0 Å². The molecule has 0 saturated heterocycles. The van der Waals surface area contributed by atoms with Crippen molar-refractivity contribution in [2.45, 2.75) is 31.7 Å².